The first-order valence-electron chi connectivity index (χ1n) is 15.2. The van der Waals surface area contributed by atoms with Crippen molar-refractivity contribution in [3.05, 3.63) is 47.2 Å². The van der Waals surface area contributed by atoms with Crippen LogP contribution in [-0.2, 0) is 30.7 Å². The van der Waals surface area contributed by atoms with Crippen molar-refractivity contribution in [2.45, 2.75) is 57.3 Å². The topological polar surface area (TPSA) is 105 Å². The van der Waals surface area contributed by atoms with Gasteiger partial charge in [0, 0.05) is 57.1 Å². The van der Waals surface area contributed by atoms with Crippen LogP contribution in [0.3, 0.4) is 0 Å². The number of nitriles is 1. The molecule has 6 rings (SSSR count). The predicted octanol–water partition coefficient (Wildman–Crippen LogP) is 2.31. The van der Waals surface area contributed by atoms with Gasteiger partial charge in [-0.15, -0.1) is 0 Å². The fourth-order valence-corrected chi connectivity index (χ4v) is 6.92. The number of aromatic nitrogens is 3. The third-order valence-corrected chi connectivity index (χ3v) is 9.35. The van der Waals surface area contributed by atoms with Crippen LogP contribution in [0.1, 0.15) is 41.6 Å². The first kappa shape index (κ1) is 29.3. The number of ether oxygens (including phenoxy) is 1. The summed E-state index contributed by atoms with van der Waals surface area (Å²) in [5.74, 6) is -0.980. The van der Waals surface area contributed by atoms with E-state index in [-0.39, 0.29) is 13.0 Å². The number of pyridine rings is 1. The van der Waals surface area contributed by atoms with E-state index in [1.165, 1.54) is 21.7 Å². The summed E-state index contributed by atoms with van der Waals surface area (Å²) in [6.07, 6.45) is 8.01. The van der Waals surface area contributed by atoms with E-state index in [1.54, 1.807) is 0 Å². The predicted molar refractivity (Wildman–Crippen MR) is 160 cm³/mol. The first-order chi connectivity index (χ1) is 20.8. The minimum atomic E-state index is -1.01. The smallest absolute Gasteiger partial charge is 0.318 e. The van der Waals surface area contributed by atoms with Crippen molar-refractivity contribution < 1.29 is 13.9 Å². The fraction of sp³-hybridized carbons (Fsp3) is 0.581. The molecule has 0 aliphatic carbocycles. The van der Waals surface area contributed by atoms with Crippen LogP contribution in [0.25, 0.3) is 0 Å². The number of nitrogens with zero attached hydrogens (tertiary/aromatic N) is 9. The molecule has 0 N–H and O–H groups in total. The van der Waals surface area contributed by atoms with E-state index in [0.29, 0.717) is 38.3 Å². The third-order valence-electron chi connectivity index (χ3n) is 9.35. The molecule has 0 radical (unpaired) electrons. The highest BCUT2D eigenvalue weighted by atomic mass is 19.1. The van der Waals surface area contributed by atoms with Gasteiger partial charge in [0.2, 0.25) is 0 Å². The lowest BCUT2D eigenvalue weighted by Crippen LogP contribution is -2.55. The van der Waals surface area contributed by atoms with Crippen LogP contribution in [0.5, 0.6) is 6.01 Å². The normalized spacial score (nSPS) is 22.6. The molecule has 0 aromatic carbocycles. The van der Waals surface area contributed by atoms with Gasteiger partial charge in [-0.1, -0.05) is 6.58 Å². The van der Waals surface area contributed by atoms with Gasteiger partial charge in [0.15, 0.2) is 5.83 Å². The van der Waals surface area contributed by atoms with E-state index >= 15 is 0 Å². The van der Waals surface area contributed by atoms with Crippen LogP contribution in [0, 0.1) is 11.3 Å². The van der Waals surface area contributed by atoms with Crippen LogP contribution in [0.15, 0.2) is 24.8 Å². The van der Waals surface area contributed by atoms with Crippen LogP contribution >= 0.6 is 0 Å². The number of likely N-dealkylation sites (N-methyl/N-ethyl adjacent to an activating group) is 2. The van der Waals surface area contributed by atoms with Gasteiger partial charge < -0.3 is 29.2 Å². The highest BCUT2D eigenvalue weighted by Crippen LogP contribution is 2.35. The fourth-order valence-electron chi connectivity index (χ4n) is 6.92. The summed E-state index contributed by atoms with van der Waals surface area (Å²) in [6, 6.07) is 2.36. The quantitative estimate of drug-likeness (QED) is 0.447. The molecule has 2 aromatic heterocycles. The molecule has 4 aliphatic rings. The van der Waals surface area contributed by atoms with Gasteiger partial charge in [-0.2, -0.15) is 15.2 Å². The van der Waals surface area contributed by atoms with Crippen molar-refractivity contribution in [2.24, 2.45) is 0 Å². The van der Waals surface area contributed by atoms with Gasteiger partial charge in [-0.05, 0) is 57.5 Å². The highest BCUT2D eigenvalue weighted by Gasteiger charge is 2.35. The maximum absolute atomic E-state index is 13.8. The molecule has 0 bridgehead atoms. The Labute approximate surface area is 252 Å². The van der Waals surface area contributed by atoms with E-state index < -0.39 is 17.8 Å². The average Bonchev–Trinajstić information content (AvgIpc) is 3.42. The van der Waals surface area contributed by atoms with E-state index in [9.17, 15) is 14.4 Å². The number of anilines is 2. The van der Waals surface area contributed by atoms with Gasteiger partial charge in [0.05, 0.1) is 42.7 Å². The lowest BCUT2D eigenvalue weighted by molar-refractivity contribution is -0.131. The summed E-state index contributed by atoms with van der Waals surface area (Å²) in [7, 11) is 4.26. The maximum atomic E-state index is 13.8. The van der Waals surface area contributed by atoms with Crippen LogP contribution < -0.4 is 14.5 Å². The minimum absolute atomic E-state index is 0.0925. The molecule has 1 amide bonds. The summed E-state index contributed by atoms with van der Waals surface area (Å²) in [6.45, 7) is 9.18. The number of amides is 1. The number of piperazine rings is 1. The molecule has 0 saturated carbocycles. The molecule has 12 heteroatoms. The number of hydrogen-bond donors (Lipinski definition) is 0. The Kier molecular flexibility index (Phi) is 8.45. The second kappa shape index (κ2) is 12.4. The minimum Gasteiger partial charge on any atom is -0.462 e. The third kappa shape index (κ3) is 6.01. The Morgan fingerprint density at radius 3 is 2.67 bits per heavy atom. The highest BCUT2D eigenvalue weighted by molar-refractivity contribution is 5.91. The molecular weight excluding hydrogens is 549 g/mol. The lowest BCUT2D eigenvalue weighted by Gasteiger charge is -2.42. The first-order valence-corrected chi connectivity index (χ1v) is 15.2. The van der Waals surface area contributed by atoms with E-state index in [1.807, 2.05) is 12.4 Å². The average molecular weight is 590 g/mol. The molecule has 0 unspecified atom stereocenters. The Morgan fingerprint density at radius 1 is 1.07 bits per heavy atom. The van der Waals surface area contributed by atoms with E-state index in [2.05, 4.69) is 51.3 Å². The maximum Gasteiger partial charge on any atom is 0.318 e. The molecule has 2 saturated heterocycles. The van der Waals surface area contributed by atoms with Crippen molar-refractivity contribution in [2.75, 3.05) is 69.8 Å². The number of likely N-dealkylation sites (tertiary alicyclic amines) is 1. The van der Waals surface area contributed by atoms with Crippen molar-refractivity contribution in [3.8, 4) is 12.1 Å². The molecule has 11 nitrogen and oxygen atoms in total. The van der Waals surface area contributed by atoms with Crippen molar-refractivity contribution in [1.29, 1.82) is 5.26 Å². The van der Waals surface area contributed by atoms with Crippen LogP contribution in [0.2, 0.25) is 0 Å². The lowest BCUT2D eigenvalue weighted by atomic mass is 9.98. The number of fused-ring (bicyclic) bond motifs is 2. The molecule has 4 aliphatic heterocycles. The van der Waals surface area contributed by atoms with E-state index in [0.717, 1.165) is 68.9 Å². The second-order valence-corrected chi connectivity index (χ2v) is 12.2. The van der Waals surface area contributed by atoms with Crippen molar-refractivity contribution >= 4 is 17.4 Å². The molecule has 6 heterocycles. The summed E-state index contributed by atoms with van der Waals surface area (Å²) >= 11 is 0. The largest absolute Gasteiger partial charge is 0.462 e. The Morgan fingerprint density at radius 2 is 1.91 bits per heavy atom. The van der Waals surface area contributed by atoms with Gasteiger partial charge in [-0.25, -0.2) is 4.39 Å². The summed E-state index contributed by atoms with van der Waals surface area (Å²) in [4.78, 5) is 37.5. The van der Waals surface area contributed by atoms with E-state index in [4.69, 9.17) is 14.7 Å². The molecule has 0 spiro atoms. The molecule has 2 fully saturated rings. The number of carbonyl (C=O) groups is 1. The SMILES string of the molecule is C=C(F)C(=O)N1CCN(c2nc(OC[C@@H]3CCCN3C)nc3c2CCN(c2cncc4c2CCN(C)C4)C3)C[C@@H]1CC#N. The molecule has 228 valence electrons. The number of rotatable bonds is 7. The standard InChI is InChI=1S/C31H40FN9O2/c1-21(32)30(42)41-14-13-40(18-23(41)6-9-33)29-26-8-12-39(28-16-34-15-22-17-37(2)11-7-25(22)28)19-27(26)35-31(36-29)43-20-24-5-4-10-38(24)3/h15-16,23-24H,1,4-8,10-14,17-20H2,2-3H3/t23-,24-/m0/s1. The second-order valence-electron chi connectivity index (χ2n) is 12.2. The summed E-state index contributed by atoms with van der Waals surface area (Å²) in [5, 5.41) is 9.50. The number of hydrogen-bond acceptors (Lipinski definition) is 10. The number of carbonyl (C=O) groups excluding carboxylic acids is 1. The van der Waals surface area contributed by atoms with Gasteiger partial charge in [-0.3, -0.25) is 9.78 Å². The Hall–Kier alpha value is -3.82. The molecule has 2 atom stereocenters. The molecule has 43 heavy (non-hydrogen) atoms. The summed E-state index contributed by atoms with van der Waals surface area (Å²) < 4.78 is 20.1. The number of halogens is 1. The zero-order valence-electron chi connectivity index (χ0n) is 25.1. The zero-order chi connectivity index (χ0) is 30.1. The Bertz CT molecular complexity index is 1430. The Balaban J connectivity index is 1.31. The van der Waals surface area contributed by atoms with Crippen LogP contribution in [-0.4, -0.2) is 108 Å². The molecule has 2 aromatic rings. The summed E-state index contributed by atoms with van der Waals surface area (Å²) in [5.41, 5.74) is 5.78. The van der Waals surface area contributed by atoms with Gasteiger partial charge in [0.25, 0.3) is 5.91 Å². The van der Waals surface area contributed by atoms with Crippen molar-refractivity contribution in [1.82, 2.24) is 29.7 Å². The zero-order valence-corrected chi connectivity index (χ0v) is 25.1. The monoisotopic (exact) mass is 589 g/mol. The van der Waals surface area contributed by atoms with Crippen molar-refractivity contribution in [3.63, 3.8) is 0 Å². The van der Waals surface area contributed by atoms with Crippen LogP contribution in [0.4, 0.5) is 15.9 Å². The molecular formula is C31H40FN9O2. The van der Waals surface area contributed by atoms with Gasteiger partial charge in [0.1, 0.15) is 12.4 Å². The van der Waals surface area contributed by atoms with Gasteiger partial charge >= 0.3 is 6.01 Å².